The molecular formula is C21H30N2O2S2. The van der Waals surface area contributed by atoms with Crippen LogP contribution in [0.2, 0.25) is 0 Å². The predicted octanol–water partition coefficient (Wildman–Crippen LogP) is 4.34. The lowest BCUT2D eigenvalue weighted by molar-refractivity contribution is -0.150. The van der Waals surface area contributed by atoms with Gasteiger partial charge in [0.05, 0.1) is 6.54 Å². The van der Waals surface area contributed by atoms with Crippen molar-refractivity contribution in [2.45, 2.75) is 87.6 Å². The van der Waals surface area contributed by atoms with E-state index in [1.165, 1.54) is 24.1 Å². The number of rotatable bonds is 4. The summed E-state index contributed by atoms with van der Waals surface area (Å²) in [6.07, 6.45) is 10.4. The number of carbonyl (C=O) groups is 2. The Morgan fingerprint density at radius 3 is 2.78 bits per heavy atom. The van der Waals surface area contributed by atoms with Crippen molar-refractivity contribution in [2.75, 3.05) is 5.75 Å². The molecule has 1 aliphatic heterocycles. The molecule has 1 aromatic rings. The second-order valence-electron chi connectivity index (χ2n) is 8.15. The van der Waals surface area contributed by atoms with E-state index < -0.39 is 5.54 Å². The summed E-state index contributed by atoms with van der Waals surface area (Å²) >= 11 is 3.54. The van der Waals surface area contributed by atoms with Gasteiger partial charge in [-0.2, -0.15) is 11.8 Å². The van der Waals surface area contributed by atoms with E-state index >= 15 is 0 Å². The van der Waals surface area contributed by atoms with E-state index in [-0.39, 0.29) is 23.1 Å². The number of hydrogen-bond acceptors (Lipinski definition) is 4. The van der Waals surface area contributed by atoms with Crippen molar-refractivity contribution in [3.63, 3.8) is 0 Å². The summed E-state index contributed by atoms with van der Waals surface area (Å²) < 4.78 is 0. The van der Waals surface area contributed by atoms with Crippen LogP contribution in [-0.2, 0) is 16.1 Å². The van der Waals surface area contributed by atoms with Crippen LogP contribution in [0.4, 0.5) is 0 Å². The van der Waals surface area contributed by atoms with Crippen molar-refractivity contribution in [3.8, 4) is 0 Å². The zero-order valence-electron chi connectivity index (χ0n) is 16.0. The maximum Gasteiger partial charge on any atom is 0.247 e. The molecule has 1 saturated heterocycles. The van der Waals surface area contributed by atoms with Gasteiger partial charge in [-0.05, 0) is 37.1 Å². The third-order valence-corrected chi connectivity index (χ3v) is 8.78. The molecule has 0 spiro atoms. The largest absolute Gasteiger partial charge is 0.351 e. The minimum absolute atomic E-state index is 0.124. The highest BCUT2D eigenvalue weighted by Crippen LogP contribution is 2.44. The summed E-state index contributed by atoms with van der Waals surface area (Å²) in [4.78, 5) is 30.0. The Balaban J connectivity index is 1.65. The zero-order valence-corrected chi connectivity index (χ0v) is 17.6. The Morgan fingerprint density at radius 2 is 2.00 bits per heavy atom. The van der Waals surface area contributed by atoms with Crippen molar-refractivity contribution in [1.29, 1.82) is 0 Å². The van der Waals surface area contributed by atoms with Crippen molar-refractivity contribution in [1.82, 2.24) is 10.2 Å². The lowest BCUT2D eigenvalue weighted by atomic mass is 9.78. The van der Waals surface area contributed by atoms with Crippen molar-refractivity contribution in [3.05, 3.63) is 22.4 Å². The summed E-state index contributed by atoms with van der Waals surface area (Å²) in [5.74, 6) is 1.11. The number of amides is 2. The van der Waals surface area contributed by atoms with Crippen molar-refractivity contribution >= 4 is 34.9 Å². The molecule has 27 heavy (non-hydrogen) atoms. The number of thioether (sulfide) groups is 1. The highest BCUT2D eigenvalue weighted by atomic mass is 32.2. The van der Waals surface area contributed by atoms with Gasteiger partial charge in [-0.3, -0.25) is 9.59 Å². The Bertz CT molecular complexity index is 657. The second-order valence-corrected chi connectivity index (χ2v) is 10.5. The minimum Gasteiger partial charge on any atom is -0.351 e. The Morgan fingerprint density at radius 1 is 1.19 bits per heavy atom. The fourth-order valence-corrected chi connectivity index (χ4v) is 7.26. The van der Waals surface area contributed by atoms with E-state index in [1.54, 1.807) is 11.3 Å². The van der Waals surface area contributed by atoms with Gasteiger partial charge >= 0.3 is 0 Å². The normalized spacial score (nSPS) is 29.9. The standard InChI is InChI=1S/C21H30N2O2S2/c24-19-11-14-27-18-10-4-5-12-21(18,23(19)15-17-9-6-13-26-17)20(25)22-16-7-2-1-3-8-16/h6,9,13,16,18H,1-5,7-8,10-12,14-15H2,(H,22,25). The molecule has 4 nitrogen and oxygen atoms in total. The monoisotopic (exact) mass is 406 g/mol. The predicted molar refractivity (Wildman–Crippen MR) is 112 cm³/mol. The van der Waals surface area contributed by atoms with Gasteiger partial charge in [0, 0.05) is 28.3 Å². The van der Waals surface area contributed by atoms with Crippen LogP contribution in [0.1, 0.15) is 69.1 Å². The molecule has 2 amide bonds. The first kappa shape index (κ1) is 19.3. The maximum absolute atomic E-state index is 13.7. The number of nitrogens with one attached hydrogen (secondary N) is 1. The van der Waals surface area contributed by atoms with Crippen LogP contribution in [0.15, 0.2) is 17.5 Å². The van der Waals surface area contributed by atoms with E-state index in [4.69, 9.17) is 0 Å². The van der Waals surface area contributed by atoms with Gasteiger partial charge < -0.3 is 10.2 Å². The average molecular weight is 407 g/mol. The first-order valence-electron chi connectivity index (χ1n) is 10.5. The van der Waals surface area contributed by atoms with Crippen LogP contribution >= 0.6 is 23.1 Å². The quantitative estimate of drug-likeness (QED) is 0.809. The fraction of sp³-hybridized carbons (Fsp3) is 0.714. The third-order valence-electron chi connectivity index (χ3n) is 6.45. The molecule has 6 heteroatoms. The molecule has 2 heterocycles. The van der Waals surface area contributed by atoms with E-state index in [2.05, 4.69) is 16.8 Å². The first-order valence-corrected chi connectivity index (χ1v) is 12.4. The molecule has 2 saturated carbocycles. The van der Waals surface area contributed by atoms with Gasteiger partial charge in [0.25, 0.3) is 0 Å². The van der Waals surface area contributed by atoms with E-state index in [0.717, 1.165) is 44.3 Å². The molecule has 0 bridgehead atoms. The average Bonchev–Trinajstić information content (AvgIpc) is 3.15. The molecule has 3 fully saturated rings. The van der Waals surface area contributed by atoms with Crippen LogP contribution < -0.4 is 5.32 Å². The molecule has 2 atom stereocenters. The van der Waals surface area contributed by atoms with Gasteiger partial charge in [-0.15, -0.1) is 11.3 Å². The van der Waals surface area contributed by atoms with Crippen molar-refractivity contribution in [2.24, 2.45) is 0 Å². The SMILES string of the molecule is O=C1CCSC2CCCCC2(C(=O)NC2CCCCC2)N1Cc1cccs1. The van der Waals surface area contributed by atoms with Gasteiger partial charge in [0.15, 0.2) is 0 Å². The Kier molecular flexibility index (Phi) is 6.12. The molecule has 148 valence electrons. The summed E-state index contributed by atoms with van der Waals surface area (Å²) in [7, 11) is 0. The number of thiophene rings is 1. The molecule has 0 aromatic carbocycles. The number of fused-ring (bicyclic) bond motifs is 1. The molecule has 0 radical (unpaired) electrons. The van der Waals surface area contributed by atoms with Gasteiger partial charge in [0.2, 0.25) is 11.8 Å². The van der Waals surface area contributed by atoms with Gasteiger partial charge in [-0.25, -0.2) is 0 Å². The van der Waals surface area contributed by atoms with Crippen LogP contribution in [0, 0.1) is 0 Å². The highest BCUT2D eigenvalue weighted by molar-refractivity contribution is 8.00. The zero-order chi connectivity index (χ0) is 18.7. The molecule has 2 aliphatic carbocycles. The maximum atomic E-state index is 13.7. The molecule has 1 N–H and O–H groups in total. The van der Waals surface area contributed by atoms with Crippen LogP contribution in [0.3, 0.4) is 0 Å². The lowest BCUT2D eigenvalue weighted by Crippen LogP contribution is -2.66. The summed E-state index contributed by atoms with van der Waals surface area (Å²) in [5.41, 5.74) is -0.669. The Labute approximate surface area is 170 Å². The number of carbonyl (C=O) groups excluding carboxylic acids is 2. The van der Waals surface area contributed by atoms with E-state index in [0.29, 0.717) is 13.0 Å². The van der Waals surface area contributed by atoms with Gasteiger partial charge in [-0.1, -0.05) is 38.2 Å². The van der Waals surface area contributed by atoms with Crippen molar-refractivity contribution < 1.29 is 9.59 Å². The molecule has 1 aromatic heterocycles. The van der Waals surface area contributed by atoms with Crippen LogP contribution in [0.5, 0.6) is 0 Å². The molecule has 2 unspecified atom stereocenters. The minimum atomic E-state index is -0.669. The smallest absolute Gasteiger partial charge is 0.247 e. The summed E-state index contributed by atoms with van der Waals surface area (Å²) in [6, 6.07) is 4.40. The molecule has 3 aliphatic rings. The Hall–Kier alpha value is -1.01. The fourth-order valence-electron chi connectivity index (χ4n) is 5.03. The third kappa shape index (κ3) is 3.93. The van der Waals surface area contributed by atoms with Crippen LogP contribution in [0.25, 0.3) is 0 Å². The number of nitrogens with zero attached hydrogens (tertiary/aromatic N) is 1. The topological polar surface area (TPSA) is 49.4 Å². The lowest BCUT2D eigenvalue weighted by Gasteiger charge is -2.48. The summed E-state index contributed by atoms with van der Waals surface area (Å²) in [5, 5.41) is 5.67. The second kappa shape index (κ2) is 8.56. The highest BCUT2D eigenvalue weighted by Gasteiger charge is 2.54. The summed E-state index contributed by atoms with van der Waals surface area (Å²) in [6.45, 7) is 0.575. The van der Waals surface area contributed by atoms with E-state index in [1.807, 2.05) is 22.7 Å². The molecular weight excluding hydrogens is 376 g/mol. The van der Waals surface area contributed by atoms with Gasteiger partial charge in [0.1, 0.15) is 5.54 Å². The van der Waals surface area contributed by atoms with Crippen LogP contribution in [-0.4, -0.2) is 39.3 Å². The number of hydrogen-bond donors (Lipinski definition) is 1. The molecule has 4 rings (SSSR count). The first-order chi connectivity index (χ1) is 13.2. The van der Waals surface area contributed by atoms with E-state index in [9.17, 15) is 9.59 Å².